The minimum atomic E-state index is 0.988. The van der Waals surface area contributed by atoms with E-state index in [1.165, 1.54) is 16.3 Å². The average Bonchev–Trinajstić information content (AvgIpc) is 2.90. The summed E-state index contributed by atoms with van der Waals surface area (Å²) >= 11 is 1.88. The van der Waals surface area contributed by atoms with Gasteiger partial charge in [0, 0.05) is 17.6 Å². The minimum absolute atomic E-state index is 0.988. The summed E-state index contributed by atoms with van der Waals surface area (Å²) in [5.41, 5.74) is 2.61. The Morgan fingerprint density at radius 3 is 2.52 bits per heavy atom. The lowest BCUT2D eigenvalue weighted by Gasteiger charge is -2.10. The van der Waals surface area contributed by atoms with Crippen molar-refractivity contribution < 1.29 is 0 Å². The molecule has 0 radical (unpaired) electrons. The fourth-order valence-electron chi connectivity index (χ4n) is 2.33. The highest BCUT2D eigenvalue weighted by Gasteiger charge is 2.08. The Morgan fingerprint density at radius 2 is 1.76 bits per heavy atom. The second kappa shape index (κ2) is 6.64. The number of rotatable bonds is 5. The van der Waals surface area contributed by atoms with Gasteiger partial charge in [-0.2, -0.15) is 0 Å². The van der Waals surface area contributed by atoms with Crippen molar-refractivity contribution in [2.75, 3.05) is 5.75 Å². The van der Waals surface area contributed by atoms with Crippen LogP contribution in [0, 0.1) is 6.92 Å². The monoisotopic (exact) mass is 294 g/mol. The summed E-state index contributed by atoms with van der Waals surface area (Å²) in [5.74, 6) is 2.06. The van der Waals surface area contributed by atoms with Crippen molar-refractivity contribution in [1.82, 2.24) is 9.55 Å². The van der Waals surface area contributed by atoms with Crippen LogP contribution in [0.4, 0.5) is 0 Å². The van der Waals surface area contributed by atoms with Gasteiger partial charge in [0.2, 0.25) is 0 Å². The third kappa shape index (κ3) is 3.37. The fraction of sp³-hybridized carbons (Fsp3) is 0.167. The number of aryl methyl sites for hydroxylation is 2. The topological polar surface area (TPSA) is 17.8 Å². The third-order valence-electron chi connectivity index (χ3n) is 3.40. The van der Waals surface area contributed by atoms with E-state index >= 15 is 0 Å². The molecule has 3 rings (SSSR count). The van der Waals surface area contributed by atoms with E-state index in [0.29, 0.717) is 0 Å². The highest BCUT2D eigenvalue weighted by Crippen LogP contribution is 2.25. The number of hydrogen-bond acceptors (Lipinski definition) is 2. The van der Waals surface area contributed by atoms with Gasteiger partial charge >= 0.3 is 0 Å². The molecular weight excluding hydrogens is 276 g/mol. The van der Waals surface area contributed by atoms with E-state index in [1.54, 1.807) is 0 Å². The summed E-state index contributed by atoms with van der Waals surface area (Å²) in [4.78, 5) is 4.46. The summed E-state index contributed by atoms with van der Waals surface area (Å²) in [6.45, 7) is 2.12. The standard InChI is InChI=1S/C18H18N2S/c1-15-10-11-18(20(15)17-9-5-6-13-19-17)21-14-12-16-7-3-2-4-8-16/h2-11,13H,12,14H2,1H3. The van der Waals surface area contributed by atoms with E-state index in [1.807, 2.05) is 36.2 Å². The summed E-state index contributed by atoms with van der Waals surface area (Å²) < 4.78 is 2.22. The first-order chi connectivity index (χ1) is 10.3. The van der Waals surface area contributed by atoms with Gasteiger partial charge in [-0.3, -0.25) is 4.57 Å². The van der Waals surface area contributed by atoms with Crippen molar-refractivity contribution >= 4 is 11.8 Å². The first-order valence-corrected chi connectivity index (χ1v) is 8.09. The Labute approximate surface area is 129 Å². The molecule has 1 aromatic carbocycles. The lowest BCUT2D eigenvalue weighted by Crippen LogP contribution is -2.01. The maximum absolute atomic E-state index is 4.46. The molecular formula is C18H18N2S. The zero-order chi connectivity index (χ0) is 14.5. The molecule has 0 bridgehead atoms. The second-order valence-electron chi connectivity index (χ2n) is 4.92. The SMILES string of the molecule is Cc1ccc(SCCc2ccccc2)n1-c1ccccn1. The van der Waals surface area contributed by atoms with Gasteiger partial charge in [-0.15, -0.1) is 11.8 Å². The molecule has 0 amide bonds. The average molecular weight is 294 g/mol. The molecule has 106 valence electrons. The van der Waals surface area contributed by atoms with Gasteiger partial charge in [0.05, 0.1) is 5.03 Å². The van der Waals surface area contributed by atoms with Crippen molar-refractivity contribution in [2.45, 2.75) is 18.4 Å². The molecule has 3 aromatic rings. The number of hydrogen-bond donors (Lipinski definition) is 0. The molecule has 2 heterocycles. The van der Waals surface area contributed by atoms with E-state index in [9.17, 15) is 0 Å². The van der Waals surface area contributed by atoms with Gasteiger partial charge in [0.15, 0.2) is 0 Å². The van der Waals surface area contributed by atoms with Gasteiger partial charge in [-0.05, 0) is 43.2 Å². The van der Waals surface area contributed by atoms with E-state index in [0.717, 1.165) is 18.0 Å². The van der Waals surface area contributed by atoms with Crippen LogP contribution in [0.1, 0.15) is 11.3 Å². The van der Waals surface area contributed by atoms with Crippen LogP contribution >= 0.6 is 11.8 Å². The number of benzene rings is 1. The third-order valence-corrected chi connectivity index (χ3v) is 4.42. The molecule has 0 saturated heterocycles. The minimum Gasteiger partial charge on any atom is -0.293 e. The first-order valence-electron chi connectivity index (χ1n) is 7.11. The molecule has 3 heteroatoms. The molecule has 0 spiro atoms. The van der Waals surface area contributed by atoms with Gasteiger partial charge in [-0.25, -0.2) is 4.98 Å². The molecule has 0 fully saturated rings. The largest absolute Gasteiger partial charge is 0.293 e. The number of thioether (sulfide) groups is 1. The van der Waals surface area contributed by atoms with Crippen LogP contribution in [-0.4, -0.2) is 15.3 Å². The van der Waals surface area contributed by atoms with Crippen molar-refractivity contribution in [3.05, 3.63) is 78.1 Å². The van der Waals surface area contributed by atoms with Crippen LogP contribution < -0.4 is 0 Å². The van der Waals surface area contributed by atoms with Gasteiger partial charge in [-0.1, -0.05) is 36.4 Å². The van der Waals surface area contributed by atoms with Crippen LogP contribution in [0.3, 0.4) is 0 Å². The van der Waals surface area contributed by atoms with E-state index in [4.69, 9.17) is 0 Å². The number of nitrogens with zero attached hydrogens (tertiary/aromatic N) is 2. The molecule has 0 unspecified atom stereocenters. The van der Waals surface area contributed by atoms with Gasteiger partial charge in [0.1, 0.15) is 5.82 Å². The number of aromatic nitrogens is 2. The normalized spacial score (nSPS) is 10.7. The summed E-state index contributed by atoms with van der Waals surface area (Å²) in [6, 6.07) is 21.0. The smallest absolute Gasteiger partial charge is 0.137 e. The van der Waals surface area contributed by atoms with Crippen molar-refractivity contribution in [3.63, 3.8) is 0 Å². The van der Waals surface area contributed by atoms with E-state index < -0.39 is 0 Å². The molecule has 2 nitrogen and oxygen atoms in total. The molecule has 0 aliphatic heterocycles. The Morgan fingerprint density at radius 1 is 0.952 bits per heavy atom. The predicted octanol–water partition coefficient (Wildman–Crippen LogP) is 4.52. The lowest BCUT2D eigenvalue weighted by atomic mass is 10.2. The molecule has 0 N–H and O–H groups in total. The quantitative estimate of drug-likeness (QED) is 0.644. The molecule has 0 saturated carbocycles. The molecule has 2 aromatic heterocycles. The summed E-state index contributed by atoms with van der Waals surface area (Å²) in [7, 11) is 0. The zero-order valence-corrected chi connectivity index (χ0v) is 12.9. The molecule has 0 aliphatic carbocycles. The van der Waals surface area contributed by atoms with Crippen LogP contribution in [0.5, 0.6) is 0 Å². The summed E-state index contributed by atoms with van der Waals surface area (Å²) in [5, 5.41) is 1.25. The van der Waals surface area contributed by atoms with E-state index in [-0.39, 0.29) is 0 Å². The maximum Gasteiger partial charge on any atom is 0.137 e. The number of pyridine rings is 1. The predicted molar refractivity (Wildman–Crippen MR) is 89.2 cm³/mol. The Hall–Kier alpha value is -2.00. The van der Waals surface area contributed by atoms with E-state index in [2.05, 4.69) is 58.9 Å². The summed E-state index contributed by atoms with van der Waals surface area (Å²) in [6.07, 6.45) is 2.92. The van der Waals surface area contributed by atoms with Crippen LogP contribution in [0.25, 0.3) is 5.82 Å². The lowest BCUT2D eigenvalue weighted by molar-refractivity contribution is 0.875. The van der Waals surface area contributed by atoms with Gasteiger partial charge < -0.3 is 0 Å². The van der Waals surface area contributed by atoms with Crippen LogP contribution in [0.15, 0.2) is 71.9 Å². The zero-order valence-electron chi connectivity index (χ0n) is 12.1. The van der Waals surface area contributed by atoms with Crippen LogP contribution in [0.2, 0.25) is 0 Å². The van der Waals surface area contributed by atoms with Crippen LogP contribution in [-0.2, 0) is 6.42 Å². The van der Waals surface area contributed by atoms with Crippen molar-refractivity contribution in [3.8, 4) is 5.82 Å². The van der Waals surface area contributed by atoms with Gasteiger partial charge in [0.25, 0.3) is 0 Å². The Bertz CT molecular complexity index is 690. The second-order valence-corrected chi connectivity index (χ2v) is 6.04. The molecule has 0 atom stereocenters. The molecule has 21 heavy (non-hydrogen) atoms. The van der Waals surface area contributed by atoms with Crippen molar-refractivity contribution in [2.24, 2.45) is 0 Å². The van der Waals surface area contributed by atoms with Crippen molar-refractivity contribution in [1.29, 1.82) is 0 Å². The molecule has 0 aliphatic rings. The first kappa shape index (κ1) is 14.0. The highest BCUT2D eigenvalue weighted by molar-refractivity contribution is 7.99. The Kier molecular flexibility index (Phi) is 4.41. The fourth-order valence-corrected chi connectivity index (χ4v) is 3.40. The highest BCUT2D eigenvalue weighted by atomic mass is 32.2. The Balaban J connectivity index is 1.72. The maximum atomic E-state index is 4.46.